The fourth-order valence-electron chi connectivity index (χ4n) is 2.49. The molecule has 2 aromatic carbocycles. The molecule has 0 atom stereocenters. The van der Waals surface area contributed by atoms with Crippen LogP contribution in [0.4, 0.5) is 13.2 Å². The van der Waals surface area contributed by atoms with E-state index in [0.717, 1.165) is 18.3 Å². The molecule has 0 fully saturated rings. The third-order valence-corrected chi connectivity index (χ3v) is 5.67. The molecule has 0 aliphatic heterocycles. The fraction of sp³-hybridized carbons (Fsp3) is 0.105. The number of rotatable bonds is 5. The van der Waals surface area contributed by atoms with Gasteiger partial charge >= 0.3 is 0 Å². The van der Waals surface area contributed by atoms with Crippen LogP contribution in [0.25, 0.3) is 0 Å². The van der Waals surface area contributed by atoms with E-state index in [-0.39, 0.29) is 4.90 Å². The SMILES string of the molecule is O=S(=O)(c1ccc(CCc2ccc(F)cc2F)nc1)c1ccccc1F. The molecule has 0 unspecified atom stereocenters. The minimum atomic E-state index is -4.00. The second-order valence-corrected chi connectivity index (χ2v) is 7.57. The van der Waals surface area contributed by atoms with Gasteiger partial charge < -0.3 is 0 Å². The molecular formula is C19H14F3NO2S. The summed E-state index contributed by atoms with van der Waals surface area (Å²) >= 11 is 0. The highest BCUT2D eigenvalue weighted by Gasteiger charge is 2.21. The van der Waals surface area contributed by atoms with Crippen LogP contribution in [0.3, 0.4) is 0 Å². The van der Waals surface area contributed by atoms with Crippen LogP contribution in [0.15, 0.2) is 70.6 Å². The zero-order valence-corrected chi connectivity index (χ0v) is 14.3. The van der Waals surface area contributed by atoms with Crippen molar-refractivity contribution in [1.82, 2.24) is 4.98 Å². The van der Waals surface area contributed by atoms with Gasteiger partial charge in [0.1, 0.15) is 22.3 Å². The maximum Gasteiger partial charge on any atom is 0.211 e. The van der Waals surface area contributed by atoms with Crippen LogP contribution in [-0.4, -0.2) is 13.4 Å². The second-order valence-electron chi connectivity index (χ2n) is 5.65. The highest BCUT2D eigenvalue weighted by molar-refractivity contribution is 7.91. The molecule has 1 aromatic heterocycles. The normalized spacial score (nSPS) is 11.5. The predicted molar refractivity (Wildman–Crippen MR) is 89.9 cm³/mol. The summed E-state index contributed by atoms with van der Waals surface area (Å²) in [4.78, 5) is 3.52. The van der Waals surface area contributed by atoms with Gasteiger partial charge in [-0.2, -0.15) is 0 Å². The van der Waals surface area contributed by atoms with E-state index in [0.29, 0.717) is 24.1 Å². The molecule has 0 aliphatic rings. The Hall–Kier alpha value is -2.67. The number of nitrogens with zero attached hydrogens (tertiary/aromatic N) is 1. The number of hydrogen-bond acceptors (Lipinski definition) is 3. The monoisotopic (exact) mass is 377 g/mol. The van der Waals surface area contributed by atoms with Gasteiger partial charge in [0.15, 0.2) is 0 Å². The van der Waals surface area contributed by atoms with E-state index in [1.54, 1.807) is 0 Å². The Labute approximate surface area is 149 Å². The van der Waals surface area contributed by atoms with Crippen molar-refractivity contribution in [1.29, 1.82) is 0 Å². The van der Waals surface area contributed by atoms with Crippen LogP contribution in [0.2, 0.25) is 0 Å². The topological polar surface area (TPSA) is 47.0 Å². The summed E-state index contributed by atoms with van der Waals surface area (Å²) in [6.45, 7) is 0. The lowest BCUT2D eigenvalue weighted by atomic mass is 10.1. The number of pyridine rings is 1. The number of hydrogen-bond donors (Lipinski definition) is 0. The zero-order chi connectivity index (χ0) is 18.7. The molecule has 3 rings (SSSR count). The van der Waals surface area contributed by atoms with E-state index < -0.39 is 32.2 Å². The summed E-state index contributed by atoms with van der Waals surface area (Å²) in [6.07, 6.45) is 1.79. The van der Waals surface area contributed by atoms with Gasteiger partial charge in [-0.05, 0) is 48.7 Å². The molecule has 134 valence electrons. The average molecular weight is 377 g/mol. The van der Waals surface area contributed by atoms with Crippen molar-refractivity contribution in [3.63, 3.8) is 0 Å². The molecular weight excluding hydrogens is 363 g/mol. The highest BCUT2D eigenvalue weighted by atomic mass is 32.2. The standard InChI is InChI=1S/C19H14F3NO2S/c20-14-7-5-13(18(22)11-14)6-8-15-9-10-16(12-23-15)26(24,25)19-4-2-1-3-17(19)21/h1-5,7,9-12H,6,8H2. The Bertz CT molecular complexity index is 1030. The van der Waals surface area contributed by atoms with E-state index in [4.69, 9.17) is 0 Å². The summed E-state index contributed by atoms with van der Waals surface area (Å²) in [5, 5.41) is 0. The Balaban J connectivity index is 1.77. The third-order valence-electron chi connectivity index (χ3n) is 3.90. The first kappa shape index (κ1) is 18.1. The largest absolute Gasteiger partial charge is 0.260 e. The molecule has 0 amide bonds. The number of sulfone groups is 1. The molecule has 1 heterocycles. The fourth-order valence-corrected chi connectivity index (χ4v) is 3.77. The molecule has 0 radical (unpaired) electrons. The van der Waals surface area contributed by atoms with E-state index in [9.17, 15) is 21.6 Å². The van der Waals surface area contributed by atoms with Gasteiger partial charge in [-0.3, -0.25) is 4.98 Å². The molecule has 3 aromatic rings. The van der Waals surface area contributed by atoms with Crippen LogP contribution in [0.1, 0.15) is 11.3 Å². The van der Waals surface area contributed by atoms with Gasteiger partial charge in [0.2, 0.25) is 9.84 Å². The maximum atomic E-state index is 13.8. The average Bonchev–Trinajstić information content (AvgIpc) is 2.61. The molecule has 0 N–H and O–H groups in total. The van der Waals surface area contributed by atoms with Gasteiger partial charge in [-0.15, -0.1) is 0 Å². The third kappa shape index (κ3) is 3.77. The number of aromatic nitrogens is 1. The highest BCUT2D eigenvalue weighted by Crippen LogP contribution is 2.23. The van der Waals surface area contributed by atoms with Crippen LogP contribution in [0, 0.1) is 17.5 Å². The van der Waals surface area contributed by atoms with Crippen molar-refractivity contribution in [2.24, 2.45) is 0 Å². The first-order chi connectivity index (χ1) is 12.4. The zero-order valence-electron chi connectivity index (χ0n) is 13.5. The van der Waals surface area contributed by atoms with Gasteiger partial charge in [-0.1, -0.05) is 18.2 Å². The predicted octanol–water partition coefficient (Wildman–Crippen LogP) is 4.12. The Morgan fingerprint density at radius 1 is 0.846 bits per heavy atom. The van der Waals surface area contributed by atoms with Crippen LogP contribution >= 0.6 is 0 Å². The molecule has 0 saturated carbocycles. The van der Waals surface area contributed by atoms with Gasteiger partial charge in [0.25, 0.3) is 0 Å². The van der Waals surface area contributed by atoms with E-state index in [2.05, 4.69) is 4.98 Å². The van der Waals surface area contributed by atoms with Crippen molar-refractivity contribution in [3.8, 4) is 0 Å². The lowest BCUT2D eigenvalue weighted by Gasteiger charge is -2.07. The summed E-state index contributed by atoms with van der Waals surface area (Å²) in [7, 11) is -4.00. The number of aryl methyl sites for hydroxylation is 2. The lowest BCUT2D eigenvalue weighted by Crippen LogP contribution is -2.06. The van der Waals surface area contributed by atoms with Crippen molar-refractivity contribution < 1.29 is 21.6 Å². The first-order valence-electron chi connectivity index (χ1n) is 7.76. The van der Waals surface area contributed by atoms with Gasteiger partial charge in [0, 0.05) is 18.0 Å². The molecule has 0 bridgehead atoms. The molecule has 0 saturated heterocycles. The van der Waals surface area contributed by atoms with Crippen molar-refractivity contribution in [2.75, 3.05) is 0 Å². The molecule has 0 spiro atoms. The summed E-state index contributed by atoms with van der Waals surface area (Å²) in [5.41, 5.74) is 0.887. The van der Waals surface area contributed by atoms with Crippen molar-refractivity contribution in [3.05, 3.63) is 89.5 Å². The van der Waals surface area contributed by atoms with Crippen LogP contribution in [0.5, 0.6) is 0 Å². The number of halogens is 3. The van der Waals surface area contributed by atoms with Crippen molar-refractivity contribution in [2.45, 2.75) is 22.6 Å². The molecule has 26 heavy (non-hydrogen) atoms. The Kier molecular flexibility index (Phi) is 5.08. The van der Waals surface area contributed by atoms with Crippen LogP contribution < -0.4 is 0 Å². The molecule has 0 aliphatic carbocycles. The van der Waals surface area contributed by atoms with Gasteiger partial charge in [-0.25, -0.2) is 21.6 Å². The first-order valence-corrected chi connectivity index (χ1v) is 9.25. The van der Waals surface area contributed by atoms with Gasteiger partial charge in [0.05, 0.1) is 4.90 Å². The number of benzene rings is 2. The van der Waals surface area contributed by atoms with E-state index in [1.165, 1.54) is 42.5 Å². The Morgan fingerprint density at radius 3 is 2.27 bits per heavy atom. The smallest absolute Gasteiger partial charge is 0.211 e. The van der Waals surface area contributed by atoms with Crippen molar-refractivity contribution >= 4 is 9.84 Å². The second kappa shape index (κ2) is 7.29. The van der Waals surface area contributed by atoms with E-state index in [1.807, 2.05) is 0 Å². The minimum absolute atomic E-state index is 0.126. The summed E-state index contributed by atoms with van der Waals surface area (Å²) < 4.78 is 65.2. The van der Waals surface area contributed by atoms with E-state index >= 15 is 0 Å². The molecule has 7 heteroatoms. The molecule has 3 nitrogen and oxygen atoms in total. The summed E-state index contributed by atoms with van der Waals surface area (Å²) in [5.74, 6) is -2.11. The Morgan fingerprint density at radius 2 is 1.62 bits per heavy atom. The quantitative estimate of drug-likeness (QED) is 0.672. The van der Waals surface area contributed by atoms with Crippen LogP contribution in [-0.2, 0) is 22.7 Å². The minimum Gasteiger partial charge on any atom is -0.260 e. The maximum absolute atomic E-state index is 13.8. The summed E-state index contributed by atoms with van der Waals surface area (Å²) in [6, 6.07) is 11.3. The lowest BCUT2D eigenvalue weighted by molar-refractivity contribution is 0.566.